The van der Waals surface area contributed by atoms with Crippen molar-refractivity contribution in [1.29, 1.82) is 0 Å². The predicted octanol–water partition coefficient (Wildman–Crippen LogP) is 1.99. The molecule has 1 aliphatic rings. The third-order valence-electron chi connectivity index (χ3n) is 5.92. The zero-order valence-electron chi connectivity index (χ0n) is 21.7. The first-order valence-corrected chi connectivity index (χ1v) is 15.1. The molecule has 0 spiro atoms. The largest absolute Gasteiger partial charge is 0.493 e. The van der Waals surface area contributed by atoms with Crippen LogP contribution in [0.15, 0.2) is 48.5 Å². The maximum Gasteiger partial charge on any atom is 0.338 e. The number of ether oxygens (including phenoxy) is 5. The molecular formula is C27H38O9S. The minimum Gasteiger partial charge on any atom is -0.493 e. The minimum absolute atomic E-state index is 0.221. The third kappa shape index (κ3) is 8.59. The molecule has 0 saturated carbocycles. The van der Waals surface area contributed by atoms with Gasteiger partial charge >= 0.3 is 5.97 Å². The Kier molecular flexibility index (Phi) is 10.6. The Labute approximate surface area is 219 Å². The van der Waals surface area contributed by atoms with Gasteiger partial charge in [-0.1, -0.05) is 30.3 Å². The lowest BCUT2D eigenvalue weighted by Gasteiger charge is -2.40. The highest BCUT2D eigenvalue weighted by Gasteiger charge is 2.44. The van der Waals surface area contributed by atoms with Gasteiger partial charge in [-0.25, -0.2) is 14.8 Å². The van der Waals surface area contributed by atoms with Crippen molar-refractivity contribution >= 4 is 16.0 Å². The van der Waals surface area contributed by atoms with Crippen LogP contribution in [0.3, 0.4) is 0 Å². The molecule has 3 rings (SSSR count). The van der Waals surface area contributed by atoms with Crippen molar-refractivity contribution in [2.45, 2.75) is 37.1 Å². The highest BCUT2D eigenvalue weighted by Crippen LogP contribution is 2.34. The second-order valence-electron chi connectivity index (χ2n) is 9.73. The molecule has 0 amide bonds. The highest BCUT2D eigenvalue weighted by atomic mass is 32.3. The molecule has 0 aliphatic carbocycles. The van der Waals surface area contributed by atoms with Gasteiger partial charge in [-0.15, -0.1) is 0 Å². The molecule has 1 fully saturated rings. The van der Waals surface area contributed by atoms with E-state index in [4.69, 9.17) is 23.7 Å². The highest BCUT2D eigenvalue weighted by molar-refractivity contribution is 8.32. The summed E-state index contributed by atoms with van der Waals surface area (Å²) in [6, 6.07) is 14.6. The number of hydrogen-bond acceptors (Lipinski definition) is 9. The van der Waals surface area contributed by atoms with Crippen LogP contribution in [-0.2, 0) is 20.6 Å². The van der Waals surface area contributed by atoms with Crippen molar-refractivity contribution in [3.63, 3.8) is 0 Å². The lowest BCUT2D eigenvalue weighted by atomic mass is 9.99. The van der Waals surface area contributed by atoms with Gasteiger partial charge in [-0.3, -0.25) is 0 Å². The molecule has 2 aromatic carbocycles. The average molecular weight is 539 g/mol. The van der Waals surface area contributed by atoms with E-state index in [1.165, 1.54) is 13.2 Å². The summed E-state index contributed by atoms with van der Waals surface area (Å²) < 4.78 is 27.8. The van der Waals surface area contributed by atoms with Crippen molar-refractivity contribution in [2.75, 3.05) is 51.5 Å². The van der Waals surface area contributed by atoms with E-state index in [0.29, 0.717) is 24.7 Å². The van der Waals surface area contributed by atoms with E-state index in [-0.39, 0.29) is 12.2 Å². The van der Waals surface area contributed by atoms with Crippen molar-refractivity contribution in [3.8, 4) is 11.5 Å². The van der Waals surface area contributed by atoms with Gasteiger partial charge in [-0.05, 0) is 42.5 Å². The zero-order valence-corrected chi connectivity index (χ0v) is 22.6. The minimum atomic E-state index is -1.50. The second kappa shape index (κ2) is 13.5. The molecule has 37 heavy (non-hydrogen) atoms. The molecule has 2 aromatic rings. The predicted molar refractivity (Wildman–Crippen MR) is 142 cm³/mol. The van der Waals surface area contributed by atoms with Crippen molar-refractivity contribution in [2.24, 2.45) is 0 Å². The number of methoxy groups -OCH3 is 1. The quantitative estimate of drug-likeness (QED) is 0.348. The molecule has 1 heterocycles. The van der Waals surface area contributed by atoms with Crippen LogP contribution in [0, 0.1) is 0 Å². The summed E-state index contributed by atoms with van der Waals surface area (Å²) in [5.74, 6) is 0.991. The normalized spacial score (nSPS) is 24.4. The summed E-state index contributed by atoms with van der Waals surface area (Å²) in [7, 11) is 0.659. The molecule has 0 radical (unpaired) electrons. The summed E-state index contributed by atoms with van der Waals surface area (Å²) >= 11 is 0. The third-order valence-corrected chi connectivity index (χ3v) is 7.31. The SMILES string of the molecule is COc1cc(C(=O)OC[C@H]2O[C@@H](OCCS(C)(C)C)[C@H](O)[C@@H](O)[C@@H]2O)ccc1OCCc1ccccc1. The van der Waals surface area contributed by atoms with Gasteiger partial charge in [-0.2, -0.15) is 0 Å². The van der Waals surface area contributed by atoms with Gasteiger partial charge in [0.05, 0.1) is 25.9 Å². The number of carbonyl (C=O) groups is 1. The molecule has 1 aliphatic heterocycles. The maximum atomic E-state index is 12.7. The van der Waals surface area contributed by atoms with Gasteiger partial charge in [0.15, 0.2) is 17.8 Å². The number of esters is 1. The van der Waals surface area contributed by atoms with Gasteiger partial charge in [0.2, 0.25) is 0 Å². The summed E-state index contributed by atoms with van der Waals surface area (Å²) in [6.07, 6.45) is 0.529. The Hall–Kier alpha value is -2.34. The fourth-order valence-corrected chi connectivity index (χ4v) is 4.28. The van der Waals surface area contributed by atoms with Crippen molar-refractivity contribution in [3.05, 3.63) is 59.7 Å². The molecule has 0 bridgehead atoms. The number of carbonyl (C=O) groups excluding carboxylic acids is 1. The van der Waals surface area contributed by atoms with Crippen molar-refractivity contribution < 1.29 is 43.8 Å². The topological polar surface area (TPSA) is 124 Å². The van der Waals surface area contributed by atoms with Crippen LogP contribution in [0.5, 0.6) is 11.5 Å². The number of aliphatic hydroxyl groups is 3. The van der Waals surface area contributed by atoms with Crippen LogP contribution in [0.4, 0.5) is 0 Å². The van der Waals surface area contributed by atoms with Gasteiger partial charge in [0.1, 0.15) is 31.0 Å². The Bertz CT molecular complexity index is 995. The van der Waals surface area contributed by atoms with E-state index in [1.54, 1.807) is 12.1 Å². The lowest BCUT2D eigenvalue weighted by molar-refractivity contribution is -0.299. The Balaban J connectivity index is 1.55. The molecule has 5 atom stereocenters. The van der Waals surface area contributed by atoms with Crippen LogP contribution in [0.2, 0.25) is 0 Å². The number of rotatable bonds is 12. The summed E-state index contributed by atoms with van der Waals surface area (Å²) in [5, 5.41) is 30.8. The summed E-state index contributed by atoms with van der Waals surface area (Å²) in [4.78, 5) is 12.7. The van der Waals surface area contributed by atoms with Crippen LogP contribution in [-0.4, -0.2) is 103 Å². The number of benzene rings is 2. The van der Waals surface area contributed by atoms with E-state index < -0.39 is 46.7 Å². The van der Waals surface area contributed by atoms with E-state index >= 15 is 0 Å². The first-order valence-electron chi connectivity index (χ1n) is 12.1. The zero-order chi connectivity index (χ0) is 27.0. The summed E-state index contributed by atoms with van der Waals surface area (Å²) in [6.45, 7) is 0.427. The Morgan fingerprint density at radius 1 is 0.946 bits per heavy atom. The molecule has 9 nitrogen and oxygen atoms in total. The van der Waals surface area contributed by atoms with E-state index in [0.717, 1.165) is 17.7 Å². The summed E-state index contributed by atoms with van der Waals surface area (Å²) in [5.41, 5.74) is 1.37. The molecule has 3 N–H and O–H groups in total. The second-order valence-corrected chi connectivity index (χ2v) is 14.3. The van der Waals surface area contributed by atoms with E-state index in [9.17, 15) is 20.1 Å². The van der Waals surface area contributed by atoms with Crippen LogP contribution in [0.25, 0.3) is 0 Å². The van der Waals surface area contributed by atoms with Gasteiger partial charge in [0, 0.05) is 12.2 Å². The monoisotopic (exact) mass is 538 g/mol. The van der Waals surface area contributed by atoms with Gasteiger partial charge in [0.25, 0.3) is 0 Å². The molecule has 0 aromatic heterocycles. The molecular weight excluding hydrogens is 500 g/mol. The van der Waals surface area contributed by atoms with Crippen LogP contribution in [0.1, 0.15) is 15.9 Å². The van der Waals surface area contributed by atoms with Gasteiger partial charge < -0.3 is 39.0 Å². The first-order chi connectivity index (χ1) is 17.6. The lowest BCUT2D eigenvalue weighted by Crippen LogP contribution is -2.59. The molecule has 206 valence electrons. The first kappa shape index (κ1) is 29.2. The van der Waals surface area contributed by atoms with E-state index in [1.807, 2.05) is 30.3 Å². The standard InChI is InChI=1S/C27H38O9S/c1-32-21-16-19(10-11-20(21)33-13-12-18-8-6-5-7-9-18)26(31)35-17-22-23(28)24(29)25(30)27(36-22)34-14-15-37(2,3)4/h5-11,16,22-25,27-30H,12-15,17H2,1-4H3/t22-,23-,24+,25-,27-/m1/s1. The molecule has 1 saturated heterocycles. The molecule has 10 heteroatoms. The Morgan fingerprint density at radius 2 is 1.68 bits per heavy atom. The maximum absolute atomic E-state index is 12.7. The smallest absolute Gasteiger partial charge is 0.338 e. The van der Waals surface area contributed by atoms with Crippen LogP contribution >= 0.6 is 10.0 Å². The Morgan fingerprint density at radius 3 is 2.35 bits per heavy atom. The fourth-order valence-electron chi connectivity index (χ4n) is 3.68. The van der Waals surface area contributed by atoms with Crippen LogP contribution < -0.4 is 9.47 Å². The van der Waals surface area contributed by atoms with E-state index in [2.05, 4.69) is 18.8 Å². The molecule has 0 unspecified atom stereocenters. The van der Waals surface area contributed by atoms with Crippen molar-refractivity contribution in [1.82, 2.24) is 0 Å². The number of hydrogen-bond donors (Lipinski definition) is 3. The average Bonchev–Trinajstić information content (AvgIpc) is 2.88. The fraction of sp³-hybridized carbons (Fsp3) is 0.519. The number of aliphatic hydroxyl groups excluding tert-OH is 3.